The number of hydrogen-bond donors (Lipinski definition) is 4. The molecule has 0 aliphatic carbocycles. The highest BCUT2D eigenvalue weighted by molar-refractivity contribution is 6.24. The molecule has 194 valence electrons. The van der Waals surface area contributed by atoms with Crippen molar-refractivity contribution in [2.75, 3.05) is 31.8 Å². The van der Waals surface area contributed by atoms with Gasteiger partial charge in [0.25, 0.3) is 5.91 Å². The second kappa shape index (κ2) is 13.6. The summed E-state index contributed by atoms with van der Waals surface area (Å²) in [4.78, 5) is 25.3. The number of nitrogens with two attached hydrogens (primary N) is 1. The van der Waals surface area contributed by atoms with Crippen LogP contribution in [0.3, 0.4) is 0 Å². The number of phenols is 1. The van der Waals surface area contributed by atoms with Crippen LogP contribution in [-0.4, -0.2) is 37.7 Å². The predicted octanol–water partition coefficient (Wildman–Crippen LogP) is 4.85. The summed E-state index contributed by atoms with van der Waals surface area (Å²) in [6, 6.07) is 19.0. The van der Waals surface area contributed by atoms with Gasteiger partial charge >= 0.3 is 0 Å². The van der Waals surface area contributed by atoms with Crippen LogP contribution in [0.25, 0.3) is 11.6 Å². The van der Waals surface area contributed by atoms with Crippen molar-refractivity contribution < 1.29 is 24.2 Å². The fraction of sp³-hybridized carbons (Fsp3) is 0.241. The number of ether oxygens (including phenoxy) is 2. The van der Waals surface area contributed by atoms with Gasteiger partial charge in [0, 0.05) is 24.6 Å². The summed E-state index contributed by atoms with van der Waals surface area (Å²) in [6.45, 7) is 0.461. The summed E-state index contributed by atoms with van der Waals surface area (Å²) < 4.78 is 10.7. The maximum absolute atomic E-state index is 13.1. The summed E-state index contributed by atoms with van der Waals surface area (Å²) in [5.41, 5.74) is 8.84. The Bertz CT molecular complexity index is 1220. The van der Waals surface area contributed by atoms with E-state index in [0.29, 0.717) is 53.4 Å². The smallest absolute Gasteiger partial charge is 0.251 e. The highest BCUT2D eigenvalue weighted by Crippen LogP contribution is 2.27. The maximum atomic E-state index is 13.1. The summed E-state index contributed by atoms with van der Waals surface area (Å²) >= 11 is 0. The lowest BCUT2D eigenvalue weighted by Gasteiger charge is -2.12. The Kier molecular flexibility index (Phi) is 9.96. The first-order valence-electron chi connectivity index (χ1n) is 12.1. The van der Waals surface area contributed by atoms with E-state index in [9.17, 15) is 14.7 Å². The van der Waals surface area contributed by atoms with Gasteiger partial charge in [0.1, 0.15) is 17.2 Å². The quantitative estimate of drug-likeness (QED) is 0.121. The van der Waals surface area contributed by atoms with Gasteiger partial charge < -0.3 is 30.9 Å². The molecule has 0 bridgehead atoms. The van der Waals surface area contributed by atoms with Crippen LogP contribution in [0, 0.1) is 0 Å². The van der Waals surface area contributed by atoms with E-state index in [2.05, 4.69) is 10.6 Å². The Morgan fingerprint density at radius 1 is 0.919 bits per heavy atom. The van der Waals surface area contributed by atoms with Gasteiger partial charge in [0.15, 0.2) is 0 Å². The Balaban J connectivity index is 1.58. The lowest BCUT2D eigenvalue weighted by molar-refractivity contribution is -0.117. The zero-order chi connectivity index (χ0) is 26.6. The zero-order valence-electron chi connectivity index (χ0n) is 21.1. The van der Waals surface area contributed by atoms with E-state index in [-0.39, 0.29) is 17.6 Å². The molecular formula is C29H33N3O5. The third-order valence-corrected chi connectivity index (χ3v) is 5.71. The van der Waals surface area contributed by atoms with Crippen molar-refractivity contribution >= 4 is 34.8 Å². The van der Waals surface area contributed by atoms with Crippen molar-refractivity contribution in [3.8, 4) is 17.2 Å². The van der Waals surface area contributed by atoms with Crippen LogP contribution in [0.1, 0.15) is 36.8 Å². The first kappa shape index (κ1) is 27.1. The van der Waals surface area contributed by atoms with Crippen LogP contribution in [0.4, 0.5) is 11.4 Å². The topological polar surface area (TPSA) is 123 Å². The van der Waals surface area contributed by atoms with Crippen molar-refractivity contribution in [2.45, 2.75) is 25.7 Å². The molecule has 3 aromatic rings. The molecule has 3 rings (SSSR count). The Labute approximate surface area is 217 Å². The van der Waals surface area contributed by atoms with Gasteiger partial charge in [-0.15, -0.1) is 0 Å². The Morgan fingerprint density at radius 2 is 1.59 bits per heavy atom. The van der Waals surface area contributed by atoms with Crippen LogP contribution in [0.5, 0.6) is 17.2 Å². The predicted molar refractivity (Wildman–Crippen MR) is 146 cm³/mol. The molecule has 0 spiro atoms. The molecule has 0 radical (unpaired) electrons. The second-order valence-corrected chi connectivity index (χ2v) is 8.45. The van der Waals surface area contributed by atoms with Gasteiger partial charge in [-0.1, -0.05) is 30.7 Å². The van der Waals surface area contributed by atoms with Crippen LogP contribution in [0.15, 0.2) is 66.7 Å². The van der Waals surface area contributed by atoms with E-state index >= 15 is 0 Å². The number of nitrogens with one attached hydrogen (secondary N) is 2. The molecule has 8 heteroatoms. The van der Waals surface area contributed by atoms with Crippen molar-refractivity contribution in [1.29, 1.82) is 0 Å². The van der Waals surface area contributed by atoms with Crippen molar-refractivity contribution in [3.05, 3.63) is 77.9 Å². The van der Waals surface area contributed by atoms with E-state index in [4.69, 9.17) is 15.2 Å². The summed E-state index contributed by atoms with van der Waals surface area (Å²) in [6.07, 6.45) is 4.33. The molecule has 0 saturated heterocycles. The highest BCUT2D eigenvalue weighted by Gasteiger charge is 2.13. The number of phenolic OH excluding ortho intramolecular Hbond substituents is 1. The first-order valence-corrected chi connectivity index (χ1v) is 12.1. The molecule has 0 unspecified atom stereocenters. The van der Waals surface area contributed by atoms with Gasteiger partial charge in [-0.05, 0) is 66.4 Å². The SMILES string of the molecule is COc1cc(/C=C(\C(=O)NCCCCCC(=O)Nc2ccccc2N)c2ccc(O)cc2)cc(OC)c1. The summed E-state index contributed by atoms with van der Waals surface area (Å²) in [5, 5.41) is 15.5. The highest BCUT2D eigenvalue weighted by atomic mass is 16.5. The summed E-state index contributed by atoms with van der Waals surface area (Å²) in [7, 11) is 3.13. The van der Waals surface area contributed by atoms with E-state index < -0.39 is 0 Å². The fourth-order valence-corrected chi connectivity index (χ4v) is 3.71. The van der Waals surface area contributed by atoms with Crippen LogP contribution >= 0.6 is 0 Å². The summed E-state index contributed by atoms with van der Waals surface area (Å²) in [5.74, 6) is 0.994. The number of carbonyl (C=O) groups excluding carboxylic acids is 2. The molecule has 8 nitrogen and oxygen atoms in total. The molecule has 3 aromatic carbocycles. The van der Waals surface area contributed by atoms with Gasteiger partial charge in [-0.25, -0.2) is 0 Å². The van der Waals surface area contributed by atoms with E-state index in [1.165, 1.54) is 12.1 Å². The first-order chi connectivity index (χ1) is 17.9. The van der Waals surface area contributed by atoms with Gasteiger partial charge in [-0.3, -0.25) is 9.59 Å². The molecule has 0 fully saturated rings. The number of aromatic hydroxyl groups is 1. The minimum absolute atomic E-state index is 0.0896. The third-order valence-electron chi connectivity index (χ3n) is 5.71. The maximum Gasteiger partial charge on any atom is 0.251 e. The number of para-hydroxylation sites is 2. The van der Waals surface area contributed by atoms with Crippen LogP contribution in [0.2, 0.25) is 0 Å². The van der Waals surface area contributed by atoms with E-state index in [1.54, 1.807) is 50.6 Å². The molecule has 0 aliphatic rings. The average Bonchev–Trinajstić information content (AvgIpc) is 2.90. The number of amides is 2. The van der Waals surface area contributed by atoms with Crippen molar-refractivity contribution in [2.24, 2.45) is 0 Å². The largest absolute Gasteiger partial charge is 0.508 e. The van der Waals surface area contributed by atoms with Crippen LogP contribution < -0.4 is 25.8 Å². The number of nitrogen functional groups attached to an aromatic ring is 1. The van der Waals surface area contributed by atoms with Crippen LogP contribution in [-0.2, 0) is 9.59 Å². The Morgan fingerprint density at radius 3 is 2.24 bits per heavy atom. The van der Waals surface area contributed by atoms with Gasteiger partial charge in [0.05, 0.1) is 25.6 Å². The lowest BCUT2D eigenvalue weighted by atomic mass is 10.0. The van der Waals surface area contributed by atoms with Crippen molar-refractivity contribution in [1.82, 2.24) is 5.32 Å². The molecular weight excluding hydrogens is 470 g/mol. The normalized spacial score (nSPS) is 11.0. The third kappa shape index (κ3) is 8.31. The molecule has 0 heterocycles. The second-order valence-electron chi connectivity index (χ2n) is 8.45. The van der Waals surface area contributed by atoms with Crippen molar-refractivity contribution in [3.63, 3.8) is 0 Å². The molecule has 0 saturated carbocycles. The Hall–Kier alpha value is -4.46. The molecule has 0 atom stereocenters. The van der Waals surface area contributed by atoms with E-state index in [1.807, 2.05) is 24.3 Å². The molecule has 37 heavy (non-hydrogen) atoms. The lowest BCUT2D eigenvalue weighted by Crippen LogP contribution is -2.25. The van der Waals surface area contributed by atoms with E-state index in [0.717, 1.165) is 18.4 Å². The number of rotatable bonds is 12. The molecule has 2 amide bonds. The number of hydrogen-bond acceptors (Lipinski definition) is 6. The minimum atomic E-state index is -0.246. The monoisotopic (exact) mass is 503 g/mol. The average molecular weight is 504 g/mol. The number of benzene rings is 3. The zero-order valence-corrected chi connectivity index (χ0v) is 21.1. The van der Waals surface area contributed by atoms with Gasteiger partial charge in [-0.2, -0.15) is 0 Å². The molecule has 5 N–H and O–H groups in total. The number of anilines is 2. The van der Waals surface area contributed by atoms with Gasteiger partial charge in [0.2, 0.25) is 5.91 Å². The molecule has 0 aromatic heterocycles. The number of unbranched alkanes of at least 4 members (excludes halogenated alkanes) is 2. The minimum Gasteiger partial charge on any atom is -0.508 e. The number of carbonyl (C=O) groups is 2. The fourth-order valence-electron chi connectivity index (χ4n) is 3.71. The standard InChI is InChI=1S/C29H33N3O5/c1-36-23-16-20(17-24(19-23)37-2)18-25(21-11-13-22(33)14-12-21)29(35)31-15-7-3-4-10-28(34)32-27-9-6-5-8-26(27)30/h5-6,8-9,11-14,16-19,33H,3-4,7,10,15,30H2,1-2H3,(H,31,35)(H,32,34)/b25-18-. The molecule has 0 aliphatic heterocycles. The number of methoxy groups -OCH3 is 2.